The van der Waals surface area contributed by atoms with Gasteiger partial charge in [-0.2, -0.15) is 0 Å². The molecular weight excluding hydrogens is 336 g/mol. The topological polar surface area (TPSA) is 49.5 Å². The van der Waals surface area contributed by atoms with Gasteiger partial charge in [0.1, 0.15) is 0 Å². The summed E-state index contributed by atoms with van der Waals surface area (Å²) in [5, 5.41) is 0.266. The van der Waals surface area contributed by atoms with Crippen molar-refractivity contribution < 1.29 is 21.2 Å². The molecule has 0 aromatic heterocycles. The summed E-state index contributed by atoms with van der Waals surface area (Å²) in [4.78, 5) is 0. The summed E-state index contributed by atoms with van der Waals surface area (Å²) >= 11 is 0. The van der Waals surface area contributed by atoms with Crippen LogP contribution in [0.3, 0.4) is 0 Å². The molecule has 2 aliphatic carbocycles. The zero-order valence-electron chi connectivity index (χ0n) is 13.3. The summed E-state index contributed by atoms with van der Waals surface area (Å²) in [6.07, 6.45) is 5.99. The smallest absolute Gasteiger partial charge is 0.323 e. The van der Waals surface area contributed by atoms with Crippen LogP contribution in [0.1, 0.15) is 25.7 Å². The highest BCUT2D eigenvalue weighted by Gasteiger charge is 2.71. The number of hydrogen-bond donors (Lipinski definition) is 0. The van der Waals surface area contributed by atoms with Crippen LogP contribution in [0.2, 0.25) is 31.2 Å². The first-order valence-electron chi connectivity index (χ1n) is 8.25. The average Bonchev–Trinajstić information content (AvgIpc) is 3.04. The molecule has 9 heteroatoms. The molecule has 0 aromatic rings. The van der Waals surface area contributed by atoms with Gasteiger partial charge in [-0.05, 0) is 57.8 Å². The van der Waals surface area contributed by atoms with Crippen molar-refractivity contribution in [1.29, 1.82) is 0 Å². The first kappa shape index (κ1) is 15.2. The van der Waals surface area contributed by atoms with Crippen LogP contribution in [0.25, 0.3) is 0 Å². The van der Waals surface area contributed by atoms with E-state index < -0.39 is 36.4 Å². The lowest BCUT2D eigenvalue weighted by Crippen LogP contribution is -2.65. The Hall–Kier alpha value is 0.668. The molecule has 4 aliphatic rings. The van der Waals surface area contributed by atoms with Crippen LogP contribution in [0.15, 0.2) is 0 Å². The first-order chi connectivity index (χ1) is 9.93. The molecule has 5 nitrogen and oxygen atoms in total. The molecule has 2 aliphatic heterocycles. The van der Waals surface area contributed by atoms with Crippen LogP contribution >= 0.6 is 0 Å². The summed E-state index contributed by atoms with van der Waals surface area (Å²) in [7, 11) is -7.09. The third kappa shape index (κ3) is 2.32. The Morgan fingerprint density at radius 2 is 1.57 bits per heavy atom. The van der Waals surface area contributed by atoms with Crippen molar-refractivity contribution in [3.63, 3.8) is 0 Å². The van der Waals surface area contributed by atoms with Gasteiger partial charge in [0, 0.05) is 5.04 Å². The van der Waals surface area contributed by atoms with Gasteiger partial charge in [0.15, 0.2) is 0 Å². The fourth-order valence-electron chi connectivity index (χ4n) is 4.91. The molecule has 0 radical (unpaired) electrons. The molecule has 2 saturated heterocycles. The SMILES string of the molecule is C[SiH]1O[SiH](C)O[Si](C)(C23CCC4OC4C2CC3)O[SiH](C)O1. The predicted molar refractivity (Wildman–Crippen MR) is 88.3 cm³/mol. The lowest BCUT2D eigenvalue weighted by atomic mass is 9.64. The second-order valence-corrected chi connectivity index (χ2v) is 17.5. The van der Waals surface area contributed by atoms with Crippen molar-refractivity contribution in [2.45, 2.75) is 69.1 Å². The summed E-state index contributed by atoms with van der Waals surface area (Å²) in [6.45, 7) is 8.67. The van der Waals surface area contributed by atoms with Gasteiger partial charge >= 0.3 is 8.56 Å². The second-order valence-electron chi connectivity index (χ2n) is 7.14. The predicted octanol–water partition coefficient (Wildman–Crippen LogP) is 1.40. The van der Waals surface area contributed by atoms with E-state index in [4.69, 9.17) is 21.2 Å². The van der Waals surface area contributed by atoms with Gasteiger partial charge < -0.3 is 21.2 Å². The number of ether oxygens (including phenoxy) is 1. The van der Waals surface area contributed by atoms with Crippen molar-refractivity contribution in [2.75, 3.05) is 0 Å². The minimum atomic E-state index is -2.27. The Bertz CT molecular complexity index is 426. The van der Waals surface area contributed by atoms with E-state index >= 15 is 0 Å². The zero-order chi connectivity index (χ0) is 14.8. The van der Waals surface area contributed by atoms with E-state index in [-0.39, 0.29) is 5.04 Å². The third-order valence-electron chi connectivity index (χ3n) is 5.96. The summed E-state index contributed by atoms with van der Waals surface area (Å²) in [6, 6.07) is 0. The van der Waals surface area contributed by atoms with Gasteiger partial charge in [-0.3, -0.25) is 0 Å². The van der Waals surface area contributed by atoms with E-state index in [2.05, 4.69) is 26.2 Å². The number of epoxide rings is 1. The van der Waals surface area contributed by atoms with E-state index in [9.17, 15) is 0 Å². The highest BCUT2D eigenvalue weighted by Crippen LogP contribution is 2.70. The fourth-order valence-corrected chi connectivity index (χ4v) is 21.3. The number of fused-ring (bicyclic) bond motifs is 3. The normalized spacial score (nSPS) is 60.0. The third-order valence-corrected chi connectivity index (χ3v) is 21.0. The second kappa shape index (κ2) is 5.08. The maximum Gasteiger partial charge on any atom is 0.323 e. The minimum Gasteiger partial charge on any atom is -0.420 e. The molecule has 4 rings (SSSR count). The lowest BCUT2D eigenvalue weighted by Gasteiger charge is -2.59. The quantitative estimate of drug-likeness (QED) is 0.521. The molecule has 2 heterocycles. The Labute approximate surface area is 133 Å². The van der Waals surface area contributed by atoms with Gasteiger partial charge in [0.05, 0.1) is 12.2 Å². The van der Waals surface area contributed by atoms with Crippen LogP contribution in [-0.2, 0) is 21.2 Å². The van der Waals surface area contributed by atoms with E-state index in [0.717, 1.165) is 0 Å². The molecule has 0 spiro atoms. The molecular formula is C12H26O5Si4. The Morgan fingerprint density at radius 1 is 0.952 bits per heavy atom. The fraction of sp³-hybridized carbons (Fsp3) is 1.00. The monoisotopic (exact) mass is 362 g/mol. The Balaban J connectivity index is 1.61. The van der Waals surface area contributed by atoms with Crippen LogP contribution in [0, 0.1) is 5.92 Å². The van der Waals surface area contributed by atoms with Gasteiger partial charge in [-0.1, -0.05) is 0 Å². The summed E-state index contributed by atoms with van der Waals surface area (Å²) in [5.74, 6) is 0.671. The number of hydrogen-bond acceptors (Lipinski definition) is 5. The van der Waals surface area contributed by atoms with E-state index in [1.54, 1.807) is 0 Å². The van der Waals surface area contributed by atoms with E-state index in [1.807, 2.05) is 0 Å². The van der Waals surface area contributed by atoms with Gasteiger partial charge in [-0.25, -0.2) is 0 Å². The summed E-state index contributed by atoms with van der Waals surface area (Å²) in [5.41, 5.74) is 0. The van der Waals surface area contributed by atoms with Crippen molar-refractivity contribution in [3.8, 4) is 0 Å². The maximum atomic E-state index is 6.62. The van der Waals surface area contributed by atoms with Gasteiger partial charge in [0.25, 0.3) is 27.9 Å². The molecule has 0 N–H and O–H groups in total. The van der Waals surface area contributed by atoms with Crippen LogP contribution in [0.5, 0.6) is 0 Å². The number of rotatable bonds is 1. The van der Waals surface area contributed by atoms with Crippen molar-refractivity contribution >= 4 is 36.4 Å². The standard InChI is InChI=1S/C12H26O5Si4/c1-18-14-19(2)16-21(4,17-20(3)15-18)12-7-5-9(12)11-10(13-11)6-8-12/h9-11,18-20H,5-8H2,1-4H3. The van der Waals surface area contributed by atoms with E-state index in [1.165, 1.54) is 25.7 Å². The van der Waals surface area contributed by atoms with Crippen molar-refractivity contribution in [1.82, 2.24) is 0 Å². The molecule has 0 bridgehead atoms. The van der Waals surface area contributed by atoms with Crippen LogP contribution in [0.4, 0.5) is 0 Å². The molecule has 4 fully saturated rings. The van der Waals surface area contributed by atoms with Gasteiger partial charge in [0.2, 0.25) is 0 Å². The zero-order valence-corrected chi connectivity index (χ0v) is 17.8. The maximum absolute atomic E-state index is 6.62. The molecule has 2 saturated carbocycles. The minimum absolute atomic E-state index is 0.266. The first-order valence-corrected chi connectivity index (χ1v) is 16.9. The largest absolute Gasteiger partial charge is 0.420 e. The highest BCUT2D eigenvalue weighted by molar-refractivity contribution is 6.83. The Kier molecular flexibility index (Phi) is 3.68. The van der Waals surface area contributed by atoms with Crippen molar-refractivity contribution in [3.05, 3.63) is 0 Å². The average molecular weight is 363 g/mol. The Morgan fingerprint density at radius 3 is 2.14 bits per heavy atom. The summed E-state index contributed by atoms with van der Waals surface area (Å²) < 4.78 is 31.3. The van der Waals surface area contributed by atoms with E-state index in [0.29, 0.717) is 18.1 Å². The molecule has 21 heavy (non-hydrogen) atoms. The molecule has 0 amide bonds. The lowest BCUT2D eigenvalue weighted by molar-refractivity contribution is 0.0880. The van der Waals surface area contributed by atoms with Crippen LogP contribution < -0.4 is 0 Å². The molecule has 6 unspecified atom stereocenters. The van der Waals surface area contributed by atoms with Gasteiger partial charge in [-0.15, -0.1) is 0 Å². The van der Waals surface area contributed by atoms with Crippen molar-refractivity contribution in [2.24, 2.45) is 5.92 Å². The highest BCUT2D eigenvalue weighted by atomic mass is 28.5. The van der Waals surface area contributed by atoms with Crippen LogP contribution in [-0.4, -0.2) is 48.6 Å². The molecule has 6 atom stereocenters. The molecule has 120 valence electrons. The molecule has 0 aromatic carbocycles.